The van der Waals surface area contributed by atoms with Gasteiger partial charge in [0, 0.05) is 18.7 Å². The van der Waals surface area contributed by atoms with Gasteiger partial charge in [0.05, 0.1) is 4.90 Å². The summed E-state index contributed by atoms with van der Waals surface area (Å²) in [5, 5.41) is 2.62. The molecule has 5 nitrogen and oxygen atoms in total. The molecule has 2 aliphatic carbocycles. The topological polar surface area (TPSA) is 75.3 Å². The van der Waals surface area contributed by atoms with Gasteiger partial charge in [0.2, 0.25) is 15.9 Å². The monoisotopic (exact) mass is 308 g/mol. The fourth-order valence-electron chi connectivity index (χ4n) is 3.58. The smallest absolute Gasteiger partial charge is 0.240 e. The van der Waals surface area contributed by atoms with Gasteiger partial charge in [0.15, 0.2) is 0 Å². The maximum Gasteiger partial charge on any atom is 0.240 e. The zero-order chi connectivity index (χ0) is 15.0. The predicted molar refractivity (Wildman–Crippen MR) is 80.3 cm³/mol. The molecule has 1 aromatic carbocycles. The van der Waals surface area contributed by atoms with Crippen molar-refractivity contribution in [1.29, 1.82) is 0 Å². The molecule has 21 heavy (non-hydrogen) atoms. The standard InChI is InChI=1S/C15H20N2O3S/c1-10(18)16-13-4-6-14(7-5-13)21(19,20)17-15-9-11-2-3-12(15)8-11/h4-7,11-12,15,17H,2-3,8-9H2,1H3,(H,16,18)/t11-,12+,15-/m0/s1. The average molecular weight is 308 g/mol. The minimum atomic E-state index is -3.47. The summed E-state index contributed by atoms with van der Waals surface area (Å²) in [7, 11) is -3.47. The lowest BCUT2D eigenvalue weighted by Gasteiger charge is -2.22. The van der Waals surface area contributed by atoms with E-state index in [9.17, 15) is 13.2 Å². The van der Waals surface area contributed by atoms with E-state index in [1.165, 1.54) is 25.5 Å². The van der Waals surface area contributed by atoms with Crippen LogP contribution >= 0.6 is 0 Å². The SMILES string of the molecule is CC(=O)Nc1ccc(S(=O)(=O)N[C@H]2C[C@H]3CC[C@@H]2C3)cc1. The Morgan fingerprint density at radius 3 is 2.38 bits per heavy atom. The largest absolute Gasteiger partial charge is 0.326 e. The molecule has 6 heteroatoms. The number of amides is 1. The van der Waals surface area contributed by atoms with Crippen LogP contribution in [0.4, 0.5) is 5.69 Å². The van der Waals surface area contributed by atoms with Crippen molar-refractivity contribution in [1.82, 2.24) is 4.72 Å². The lowest BCUT2D eigenvalue weighted by molar-refractivity contribution is -0.114. The van der Waals surface area contributed by atoms with E-state index < -0.39 is 10.0 Å². The van der Waals surface area contributed by atoms with Gasteiger partial charge in [-0.05, 0) is 55.4 Å². The highest BCUT2D eigenvalue weighted by Crippen LogP contribution is 2.44. The summed E-state index contributed by atoms with van der Waals surface area (Å²) in [5.74, 6) is 1.03. The Labute approximate surface area is 125 Å². The number of benzene rings is 1. The van der Waals surface area contributed by atoms with Crippen LogP contribution in [0.3, 0.4) is 0 Å². The predicted octanol–water partition coefficient (Wildman–Crippen LogP) is 2.11. The number of carbonyl (C=O) groups is 1. The van der Waals surface area contributed by atoms with Gasteiger partial charge in [-0.3, -0.25) is 4.79 Å². The number of rotatable bonds is 4. The zero-order valence-electron chi connectivity index (χ0n) is 12.0. The molecule has 0 unspecified atom stereocenters. The lowest BCUT2D eigenvalue weighted by Crippen LogP contribution is -2.38. The first-order chi connectivity index (χ1) is 9.94. The van der Waals surface area contributed by atoms with Crippen molar-refractivity contribution >= 4 is 21.6 Å². The first-order valence-electron chi connectivity index (χ1n) is 7.34. The van der Waals surface area contributed by atoms with Gasteiger partial charge in [-0.2, -0.15) is 0 Å². The third kappa shape index (κ3) is 3.11. The van der Waals surface area contributed by atoms with E-state index in [0.717, 1.165) is 19.3 Å². The number of hydrogen-bond donors (Lipinski definition) is 2. The first kappa shape index (κ1) is 14.5. The summed E-state index contributed by atoms with van der Waals surface area (Å²) < 4.78 is 27.6. The van der Waals surface area contributed by atoms with Gasteiger partial charge in [0.25, 0.3) is 0 Å². The van der Waals surface area contributed by atoms with Crippen LogP contribution in [0.1, 0.15) is 32.6 Å². The Morgan fingerprint density at radius 1 is 1.14 bits per heavy atom. The molecule has 2 fully saturated rings. The molecule has 2 aliphatic rings. The summed E-state index contributed by atoms with van der Waals surface area (Å²) in [5.41, 5.74) is 0.598. The molecule has 1 aromatic rings. The van der Waals surface area contributed by atoms with E-state index in [1.54, 1.807) is 12.1 Å². The number of anilines is 1. The number of fused-ring (bicyclic) bond motifs is 2. The molecule has 3 rings (SSSR count). The number of sulfonamides is 1. The summed E-state index contributed by atoms with van der Waals surface area (Å²) in [4.78, 5) is 11.2. The Morgan fingerprint density at radius 2 is 1.86 bits per heavy atom. The second-order valence-electron chi connectivity index (χ2n) is 6.11. The Bertz CT molecular complexity index is 639. The van der Waals surface area contributed by atoms with E-state index in [4.69, 9.17) is 0 Å². The van der Waals surface area contributed by atoms with Crippen molar-refractivity contribution in [3.8, 4) is 0 Å². The van der Waals surface area contributed by atoms with Crippen LogP contribution in [0.25, 0.3) is 0 Å². The molecule has 0 radical (unpaired) electrons. The second kappa shape index (κ2) is 5.42. The molecule has 114 valence electrons. The van der Waals surface area contributed by atoms with Crippen molar-refractivity contribution in [2.75, 3.05) is 5.32 Å². The number of nitrogens with one attached hydrogen (secondary N) is 2. The van der Waals surface area contributed by atoms with Crippen LogP contribution in [0.15, 0.2) is 29.2 Å². The molecule has 0 aliphatic heterocycles. The molecule has 3 atom stereocenters. The van der Waals surface area contributed by atoms with E-state index in [2.05, 4.69) is 10.0 Å². The fourth-order valence-corrected chi connectivity index (χ4v) is 4.89. The first-order valence-corrected chi connectivity index (χ1v) is 8.82. The highest BCUT2D eigenvalue weighted by molar-refractivity contribution is 7.89. The van der Waals surface area contributed by atoms with E-state index >= 15 is 0 Å². The third-order valence-electron chi connectivity index (χ3n) is 4.53. The Hall–Kier alpha value is -1.40. The van der Waals surface area contributed by atoms with Gasteiger partial charge in [-0.25, -0.2) is 13.1 Å². The summed E-state index contributed by atoms with van der Waals surface area (Å²) >= 11 is 0. The van der Waals surface area contributed by atoms with Gasteiger partial charge in [0.1, 0.15) is 0 Å². The van der Waals surface area contributed by atoms with Crippen molar-refractivity contribution < 1.29 is 13.2 Å². The van der Waals surface area contributed by atoms with E-state index in [-0.39, 0.29) is 16.8 Å². The summed E-state index contributed by atoms with van der Waals surface area (Å²) in [6.45, 7) is 1.42. The molecule has 0 heterocycles. The van der Waals surface area contributed by atoms with E-state index in [1.807, 2.05) is 0 Å². The van der Waals surface area contributed by atoms with Crippen molar-refractivity contribution in [2.24, 2.45) is 11.8 Å². The van der Waals surface area contributed by atoms with Crippen LogP contribution in [0.5, 0.6) is 0 Å². The van der Waals surface area contributed by atoms with Crippen LogP contribution in [-0.2, 0) is 14.8 Å². The van der Waals surface area contributed by atoms with Crippen LogP contribution in [-0.4, -0.2) is 20.4 Å². The molecule has 0 spiro atoms. The fraction of sp³-hybridized carbons (Fsp3) is 0.533. The Balaban J connectivity index is 1.71. The van der Waals surface area contributed by atoms with Gasteiger partial charge < -0.3 is 5.32 Å². The summed E-state index contributed by atoms with van der Waals surface area (Å²) in [6.07, 6.45) is 4.51. The van der Waals surface area contributed by atoms with Crippen LogP contribution < -0.4 is 10.0 Å². The molecule has 2 bridgehead atoms. The quantitative estimate of drug-likeness (QED) is 0.894. The second-order valence-corrected chi connectivity index (χ2v) is 7.82. The van der Waals surface area contributed by atoms with Gasteiger partial charge in [-0.15, -0.1) is 0 Å². The maximum absolute atomic E-state index is 12.4. The van der Waals surface area contributed by atoms with Crippen LogP contribution in [0, 0.1) is 11.8 Å². The molecular formula is C15H20N2O3S. The highest BCUT2D eigenvalue weighted by Gasteiger charge is 2.41. The zero-order valence-corrected chi connectivity index (χ0v) is 12.8. The van der Waals surface area contributed by atoms with Gasteiger partial charge >= 0.3 is 0 Å². The summed E-state index contributed by atoms with van der Waals surface area (Å²) in [6, 6.07) is 6.36. The van der Waals surface area contributed by atoms with Crippen molar-refractivity contribution in [2.45, 2.75) is 43.5 Å². The minimum Gasteiger partial charge on any atom is -0.326 e. The molecule has 1 amide bonds. The van der Waals surface area contributed by atoms with E-state index in [0.29, 0.717) is 17.5 Å². The molecule has 2 N–H and O–H groups in total. The van der Waals surface area contributed by atoms with Crippen LogP contribution in [0.2, 0.25) is 0 Å². The number of hydrogen-bond acceptors (Lipinski definition) is 3. The molecular weight excluding hydrogens is 288 g/mol. The molecule has 0 aromatic heterocycles. The van der Waals surface area contributed by atoms with Crippen molar-refractivity contribution in [3.63, 3.8) is 0 Å². The maximum atomic E-state index is 12.4. The highest BCUT2D eigenvalue weighted by atomic mass is 32.2. The third-order valence-corrected chi connectivity index (χ3v) is 6.04. The minimum absolute atomic E-state index is 0.0868. The Kier molecular flexibility index (Phi) is 3.75. The van der Waals surface area contributed by atoms with Crippen molar-refractivity contribution in [3.05, 3.63) is 24.3 Å². The lowest BCUT2D eigenvalue weighted by atomic mass is 9.96. The molecule has 0 saturated heterocycles. The van der Waals surface area contributed by atoms with Gasteiger partial charge in [-0.1, -0.05) is 6.42 Å². The number of carbonyl (C=O) groups excluding carboxylic acids is 1. The average Bonchev–Trinajstić information content (AvgIpc) is 3.00. The molecule has 2 saturated carbocycles. The normalized spacial score (nSPS) is 27.8.